The molecule has 0 aliphatic heterocycles. The van der Waals surface area contributed by atoms with Crippen molar-refractivity contribution in [3.63, 3.8) is 0 Å². The van der Waals surface area contributed by atoms with Crippen molar-refractivity contribution in [2.45, 2.75) is 12.8 Å². The van der Waals surface area contributed by atoms with Crippen molar-refractivity contribution in [2.24, 2.45) is 5.41 Å². The average molecular weight is 188 g/mol. The number of carbonyl (C=O) groups excluding carboxylic acids is 1. The first-order chi connectivity index (χ1) is 6.03. The number of carbonyl (C=O) groups is 2. The second kappa shape index (κ2) is 3.16. The van der Waals surface area contributed by atoms with Gasteiger partial charge in [0.2, 0.25) is 0 Å². The van der Waals surface area contributed by atoms with E-state index in [9.17, 15) is 14.0 Å². The van der Waals surface area contributed by atoms with Crippen LogP contribution < -0.4 is 0 Å². The maximum absolute atomic E-state index is 12.7. The van der Waals surface area contributed by atoms with E-state index in [-0.39, 0.29) is 6.42 Å². The van der Waals surface area contributed by atoms with E-state index in [1.807, 2.05) is 0 Å². The molecule has 0 amide bonds. The Kier molecular flexibility index (Phi) is 2.36. The largest absolute Gasteiger partial charge is 0.480 e. The molecular formula is C8H9FO4. The second-order valence-corrected chi connectivity index (χ2v) is 2.91. The Morgan fingerprint density at radius 2 is 2.31 bits per heavy atom. The van der Waals surface area contributed by atoms with Gasteiger partial charge >= 0.3 is 11.9 Å². The minimum atomic E-state index is -1.74. The highest BCUT2D eigenvalue weighted by molar-refractivity contribution is 6.00. The van der Waals surface area contributed by atoms with Crippen molar-refractivity contribution in [3.05, 3.63) is 11.9 Å². The van der Waals surface area contributed by atoms with Gasteiger partial charge in [0.25, 0.3) is 0 Å². The molecule has 0 radical (unpaired) electrons. The van der Waals surface area contributed by atoms with Crippen LogP contribution in [0.2, 0.25) is 0 Å². The van der Waals surface area contributed by atoms with Crippen LogP contribution in [-0.2, 0) is 14.3 Å². The zero-order valence-electron chi connectivity index (χ0n) is 7.04. The summed E-state index contributed by atoms with van der Waals surface area (Å²) in [5.41, 5.74) is -1.74. The molecular weight excluding hydrogens is 179 g/mol. The summed E-state index contributed by atoms with van der Waals surface area (Å²) in [5.74, 6) is -2.82. The summed E-state index contributed by atoms with van der Waals surface area (Å²) < 4.78 is 17.0. The number of rotatable bonds is 2. The number of esters is 1. The minimum Gasteiger partial charge on any atom is -0.480 e. The lowest BCUT2D eigenvalue weighted by molar-refractivity contribution is -0.166. The van der Waals surface area contributed by atoms with E-state index in [0.717, 1.165) is 13.2 Å². The summed E-state index contributed by atoms with van der Waals surface area (Å²) in [6.07, 6.45) is 0.556. The van der Waals surface area contributed by atoms with Crippen LogP contribution in [0.25, 0.3) is 0 Å². The molecule has 1 unspecified atom stereocenters. The maximum Gasteiger partial charge on any atom is 0.323 e. The lowest BCUT2D eigenvalue weighted by Crippen LogP contribution is -2.38. The average Bonchev–Trinajstić information content (AvgIpc) is 2.47. The predicted octanol–water partition coefficient (Wildman–Crippen LogP) is 0.878. The molecule has 5 heteroatoms. The maximum atomic E-state index is 12.7. The molecule has 0 aromatic carbocycles. The fraction of sp³-hybridized carbons (Fsp3) is 0.500. The molecule has 0 fully saturated rings. The third-order valence-corrected chi connectivity index (χ3v) is 2.13. The van der Waals surface area contributed by atoms with Crippen molar-refractivity contribution in [2.75, 3.05) is 7.11 Å². The van der Waals surface area contributed by atoms with Crippen molar-refractivity contribution < 1.29 is 23.8 Å². The van der Waals surface area contributed by atoms with E-state index in [0.29, 0.717) is 0 Å². The monoisotopic (exact) mass is 188 g/mol. The van der Waals surface area contributed by atoms with E-state index in [4.69, 9.17) is 5.11 Å². The van der Waals surface area contributed by atoms with Gasteiger partial charge in [-0.15, -0.1) is 0 Å². The van der Waals surface area contributed by atoms with Crippen LogP contribution in [-0.4, -0.2) is 24.2 Å². The molecule has 0 aromatic rings. The number of allylic oxidation sites excluding steroid dienone is 2. The lowest BCUT2D eigenvalue weighted by atomic mass is 9.85. The fourth-order valence-electron chi connectivity index (χ4n) is 1.32. The highest BCUT2D eigenvalue weighted by Crippen LogP contribution is 2.39. The van der Waals surface area contributed by atoms with Crippen LogP contribution in [0, 0.1) is 5.41 Å². The number of aliphatic carboxylic acids is 1. The van der Waals surface area contributed by atoms with Gasteiger partial charge in [-0.25, -0.2) is 4.39 Å². The highest BCUT2D eigenvalue weighted by Gasteiger charge is 2.50. The first kappa shape index (κ1) is 9.70. The van der Waals surface area contributed by atoms with Gasteiger partial charge in [0.1, 0.15) is 0 Å². The molecule has 13 heavy (non-hydrogen) atoms. The Morgan fingerprint density at radius 3 is 2.62 bits per heavy atom. The predicted molar refractivity (Wildman–Crippen MR) is 40.5 cm³/mol. The van der Waals surface area contributed by atoms with Gasteiger partial charge in [-0.05, 0) is 6.42 Å². The van der Waals surface area contributed by atoms with Gasteiger partial charge in [0.05, 0.1) is 12.9 Å². The molecule has 72 valence electrons. The standard InChI is InChI=1S/C8H9FO4/c1-13-7(12)8(6(10)11)3-2-5(9)4-8/h2H,3-4H2,1H3,(H,10,11). The Hall–Kier alpha value is -1.39. The Labute approximate surface area is 74.0 Å². The molecule has 1 rings (SSSR count). The van der Waals surface area contributed by atoms with Crippen molar-refractivity contribution in [1.29, 1.82) is 0 Å². The summed E-state index contributed by atoms with van der Waals surface area (Å²) in [6, 6.07) is 0. The van der Waals surface area contributed by atoms with Crippen molar-refractivity contribution in [1.82, 2.24) is 0 Å². The number of halogens is 1. The summed E-state index contributed by atoms with van der Waals surface area (Å²) in [7, 11) is 1.09. The molecule has 0 heterocycles. The molecule has 0 spiro atoms. The Balaban J connectivity index is 2.93. The van der Waals surface area contributed by atoms with Gasteiger partial charge in [-0.1, -0.05) is 6.08 Å². The number of hydrogen-bond donors (Lipinski definition) is 1. The van der Waals surface area contributed by atoms with Gasteiger partial charge < -0.3 is 9.84 Å². The van der Waals surface area contributed by atoms with Crippen LogP contribution in [0.3, 0.4) is 0 Å². The fourth-order valence-corrected chi connectivity index (χ4v) is 1.32. The molecule has 0 saturated carbocycles. The highest BCUT2D eigenvalue weighted by atomic mass is 19.1. The smallest absolute Gasteiger partial charge is 0.323 e. The van der Waals surface area contributed by atoms with Gasteiger partial charge in [0, 0.05) is 6.42 Å². The van der Waals surface area contributed by atoms with E-state index in [1.54, 1.807) is 0 Å². The number of ether oxygens (including phenoxy) is 1. The molecule has 1 N–H and O–H groups in total. The van der Waals surface area contributed by atoms with Crippen molar-refractivity contribution >= 4 is 11.9 Å². The van der Waals surface area contributed by atoms with E-state index < -0.39 is 29.6 Å². The van der Waals surface area contributed by atoms with Crippen LogP contribution in [0.15, 0.2) is 11.9 Å². The zero-order chi connectivity index (χ0) is 10.1. The van der Waals surface area contributed by atoms with Gasteiger partial charge in [0.15, 0.2) is 5.41 Å². The molecule has 1 atom stereocenters. The minimum absolute atomic E-state index is 0.138. The van der Waals surface area contributed by atoms with Crippen LogP contribution in [0.1, 0.15) is 12.8 Å². The topological polar surface area (TPSA) is 63.6 Å². The summed E-state index contributed by atoms with van der Waals surface area (Å²) in [5, 5.41) is 8.78. The summed E-state index contributed by atoms with van der Waals surface area (Å²) in [4.78, 5) is 21.9. The molecule has 1 aliphatic carbocycles. The van der Waals surface area contributed by atoms with E-state index in [2.05, 4.69) is 4.74 Å². The molecule has 1 aliphatic rings. The number of methoxy groups -OCH3 is 1. The van der Waals surface area contributed by atoms with Crippen molar-refractivity contribution in [3.8, 4) is 0 Å². The second-order valence-electron chi connectivity index (χ2n) is 2.91. The zero-order valence-corrected chi connectivity index (χ0v) is 7.04. The summed E-state index contributed by atoms with van der Waals surface area (Å²) in [6.45, 7) is 0. The summed E-state index contributed by atoms with van der Waals surface area (Å²) >= 11 is 0. The SMILES string of the molecule is COC(=O)C1(C(=O)O)CC=C(F)C1. The number of carboxylic acid groups (broad SMARTS) is 1. The first-order valence-corrected chi connectivity index (χ1v) is 3.69. The van der Waals surface area contributed by atoms with Gasteiger partial charge in [-0.3, -0.25) is 9.59 Å². The van der Waals surface area contributed by atoms with Crippen LogP contribution in [0.4, 0.5) is 4.39 Å². The third-order valence-electron chi connectivity index (χ3n) is 2.13. The Bertz CT molecular complexity index is 284. The Morgan fingerprint density at radius 1 is 1.69 bits per heavy atom. The molecule has 4 nitrogen and oxygen atoms in total. The lowest BCUT2D eigenvalue weighted by Gasteiger charge is -2.19. The number of hydrogen-bond acceptors (Lipinski definition) is 3. The number of carboxylic acids is 1. The molecule has 0 saturated heterocycles. The normalized spacial score (nSPS) is 26.8. The van der Waals surface area contributed by atoms with E-state index in [1.165, 1.54) is 0 Å². The van der Waals surface area contributed by atoms with Crippen LogP contribution in [0.5, 0.6) is 0 Å². The molecule has 0 bridgehead atoms. The third kappa shape index (κ3) is 1.41. The quantitative estimate of drug-likeness (QED) is 0.516. The van der Waals surface area contributed by atoms with Crippen LogP contribution >= 0.6 is 0 Å². The van der Waals surface area contributed by atoms with E-state index >= 15 is 0 Å². The molecule has 0 aromatic heterocycles. The first-order valence-electron chi connectivity index (χ1n) is 3.69. The van der Waals surface area contributed by atoms with Gasteiger partial charge in [-0.2, -0.15) is 0 Å².